The minimum Gasteiger partial charge on any atom is -0.490 e. The lowest BCUT2D eigenvalue weighted by Crippen LogP contribution is -2.27. The number of nitrogens with zero attached hydrogens (tertiary/aromatic N) is 1. The van der Waals surface area contributed by atoms with Gasteiger partial charge in [-0.2, -0.15) is 0 Å². The molecule has 10 heteroatoms. The van der Waals surface area contributed by atoms with Gasteiger partial charge in [0.15, 0.2) is 15.8 Å². The molecule has 0 unspecified atom stereocenters. The van der Waals surface area contributed by atoms with Crippen LogP contribution in [0.25, 0.3) is 6.08 Å². The number of amides is 1. The van der Waals surface area contributed by atoms with Crippen molar-refractivity contribution in [2.24, 2.45) is 0 Å². The van der Waals surface area contributed by atoms with E-state index in [9.17, 15) is 4.79 Å². The number of benzene rings is 3. The number of thiocarbonyl (C=S) groups is 1. The zero-order chi connectivity index (χ0) is 25.1. The number of anilines is 1. The third kappa shape index (κ3) is 6.08. The van der Waals surface area contributed by atoms with E-state index in [4.69, 9.17) is 68.1 Å². The molecule has 4 nitrogen and oxygen atoms in total. The topological polar surface area (TPSA) is 38.8 Å². The number of carbonyl (C=O) groups excluding carboxylic acids is 1. The van der Waals surface area contributed by atoms with Crippen molar-refractivity contribution in [1.29, 1.82) is 0 Å². The molecule has 1 heterocycles. The van der Waals surface area contributed by atoms with Crippen molar-refractivity contribution in [1.82, 2.24) is 0 Å². The van der Waals surface area contributed by atoms with Gasteiger partial charge in [-0.25, -0.2) is 0 Å². The van der Waals surface area contributed by atoms with E-state index < -0.39 is 0 Å². The Balaban J connectivity index is 1.56. The lowest BCUT2D eigenvalue weighted by molar-refractivity contribution is -0.113. The first-order valence-corrected chi connectivity index (χ1v) is 13.1. The van der Waals surface area contributed by atoms with Crippen molar-refractivity contribution >= 4 is 92.4 Å². The molecule has 1 aliphatic heterocycles. The third-order valence-electron chi connectivity index (χ3n) is 4.89. The molecule has 3 aromatic rings. The van der Waals surface area contributed by atoms with E-state index >= 15 is 0 Å². The Morgan fingerprint density at radius 2 is 1.71 bits per heavy atom. The van der Waals surface area contributed by atoms with E-state index in [1.807, 2.05) is 25.1 Å². The zero-order valence-corrected chi connectivity index (χ0v) is 22.8. The fourth-order valence-electron chi connectivity index (χ4n) is 3.28. The minimum absolute atomic E-state index is 0.262. The van der Waals surface area contributed by atoms with Gasteiger partial charge in [0.05, 0.1) is 32.3 Å². The molecular weight excluding hydrogens is 568 g/mol. The second kappa shape index (κ2) is 11.4. The van der Waals surface area contributed by atoms with E-state index in [2.05, 4.69) is 0 Å². The second-order valence-corrected chi connectivity index (χ2v) is 10.6. The summed E-state index contributed by atoms with van der Waals surface area (Å²) in [5.74, 6) is 0.857. The van der Waals surface area contributed by atoms with E-state index in [1.54, 1.807) is 42.5 Å². The molecule has 1 aliphatic rings. The van der Waals surface area contributed by atoms with Gasteiger partial charge < -0.3 is 9.47 Å². The van der Waals surface area contributed by atoms with Crippen LogP contribution in [0.3, 0.4) is 0 Å². The number of hydrogen-bond acceptors (Lipinski definition) is 5. The summed E-state index contributed by atoms with van der Waals surface area (Å²) in [4.78, 5) is 15.0. The molecule has 0 spiro atoms. The summed E-state index contributed by atoms with van der Waals surface area (Å²) in [7, 11) is 0. The van der Waals surface area contributed by atoms with Gasteiger partial charge in [-0.1, -0.05) is 82.5 Å². The molecule has 180 valence electrons. The maximum absolute atomic E-state index is 13.1. The van der Waals surface area contributed by atoms with Gasteiger partial charge in [0.1, 0.15) is 6.61 Å². The van der Waals surface area contributed by atoms with Crippen molar-refractivity contribution in [3.8, 4) is 11.5 Å². The molecule has 1 saturated heterocycles. The van der Waals surface area contributed by atoms with Crippen LogP contribution < -0.4 is 14.4 Å². The van der Waals surface area contributed by atoms with Crippen LogP contribution in [-0.2, 0) is 11.4 Å². The van der Waals surface area contributed by atoms with Crippen LogP contribution in [0.2, 0.25) is 20.1 Å². The first kappa shape index (κ1) is 26.1. The summed E-state index contributed by atoms with van der Waals surface area (Å²) in [5.41, 5.74) is 2.12. The van der Waals surface area contributed by atoms with Gasteiger partial charge in [0.2, 0.25) is 0 Å². The first-order valence-electron chi connectivity index (χ1n) is 10.3. The molecule has 0 radical (unpaired) electrons. The van der Waals surface area contributed by atoms with Crippen molar-refractivity contribution in [3.63, 3.8) is 0 Å². The number of hydrogen-bond donors (Lipinski definition) is 0. The summed E-state index contributed by atoms with van der Waals surface area (Å²) in [6.07, 6.45) is 1.76. The van der Waals surface area contributed by atoms with Crippen LogP contribution in [0.15, 0.2) is 59.5 Å². The lowest BCUT2D eigenvalue weighted by Gasteiger charge is -2.16. The Kier molecular flexibility index (Phi) is 8.53. The molecule has 0 bridgehead atoms. The fraction of sp³-hybridized carbons (Fsp3) is 0.120. The Hall–Kier alpha value is -1.93. The van der Waals surface area contributed by atoms with Crippen molar-refractivity contribution < 1.29 is 14.3 Å². The van der Waals surface area contributed by atoms with Gasteiger partial charge in [-0.3, -0.25) is 9.69 Å². The molecular formula is C25H17Cl4NO3S2. The van der Waals surface area contributed by atoms with Gasteiger partial charge in [-0.15, -0.1) is 0 Å². The molecule has 0 aromatic heterocycles. The molecule has 0 N–H and O–H groups in total. The van der Waals surface area contributed by atoms with E-state index in [0.29, 0.717) is 53.1 Å². The molecule has 3 aromatic carbocycles. The van der Waals surface area contributed by atoms with Crippen LogP contribution in [0.5, 0.6) is 11.5 Å². The molecule has 0 atom stereocenters. The van der Waals surface area contributed by atoms with Crippen LogP contribution in [0, 0.1) is 0 Å². The van der Waals surface area contributed by atoms with Gasteiger partial charge in [-0.05, 0) is 66.6 Å². The van der Waals surface area contributed by atoms with E-state index in [0.717, 1.165) is 11.1 Å². The third-order valence-corrected chi connectivity index (χ3v) is 7.47. The Labute approximate surface area is 232 Å². The Bertz CT molecular complexity index is 1350. The quantitative estimate of drug-likeness (QED) is 0.205. The van der Waals surface area contributed by atoms with Crippen LogP contribution >= 0.6 is 70.4 Å². The smallest absolute Gasteiger partial charge is 0.270 e. The highest BCUT2D eigenvalue weighted by Gasteiger charge is 2.34. The van der Waals surface area contributed by atoms with Crippen molar-refractivity contribution in [2.45, 2.75) is 13.5 Å². The van der Waals surface area contributed by atoms with E-state index in [1.165, 1.54) is 16.7 Å². The zero-order valence-electron chi connectivity index (χ0n) is 18.2. The van der Waals surface area contributed by atoms with E-state index in [-0.39, 0.29) is 12.5 Å². The van der Waals surface area contributed by atoms with Crippen LogP contribution in [0.1, 0.15) is 18.1 Å². The second-order valence-electron chi connectivity index (χ2n) is 7.29. The van der Waals surface area contributed by atoms with Gasteiger partial charge >= 0.3 is 0 Å². The summed E-state index contributed by atoms with van der Waals surface area (Å²) in [6, 6.07) is 15.7. The predicted octanol–water partition coefficient (Wildman–Crippen LogP) is 8.68. The SMILES string of the molecule is CCOc1cc(/C=C2\SC(=S)N(c3ccc(Cl)cc3Cl)C2=O)ccc1OCc1ccc(Cl)c(Cl)c1. The number of ether oxygens (including phenoxy) is 2. The fourth-order valence-corrected chi connectivity index (χ4v) is 5.38. The molecule has 0 aliphatic carbocycles. The van der Waals surface area contributed by atoms with Crippen LogP contribution in [0.4, 0.5) is 5.69 Å². The predicted molar refractivity (Wildman–Crippen MR) is 151 cm³/mol. The average Bonchev–Trinajstić information content (AvgIpc) is 3.08. The highest BCUT2D eigenvalue weighted by atomic mass is 35.5. The number of halogens is 4. The highest BCUT2D eigenvalue weighted by molar-refractivity contribution is 8.27. The normalized spacial score (nSPS) is 14.7. The first-order chi connectivity index (χ1) is 16.8. The van der Waals surface area contributed by atoms with Crippen molar-refractivity contribution in [2.75, 3.05) is 11.5 Å². The average molecular weight is 585 g/mol. The molecule has 4 rings (SSSR count). The molecule has 1 fully saturated rings. The van der Waals surface area contributed by atoms with Gasteiger partial charge in [0.25, 0.3) is 5.91 Å². The standard InChI is InChI=1S/C25H17Cl4NO3S2/c1-2-32-22-10-14(4-8-21(22)33-13-15-3-6-17(27)18(28)9-15)11-23-24(31)30(25(34)35-23)20-7-5-16(26)12-19(20)29/h3-12H,2,13H2,1H3/b23-11-. The Morgan fingerprint density at radius 1 is 0.914 bits per heavy atom. The molecule has 0 saturated carbocycles. The lowest BCUT2D eigenvalue weighted by atomic mass is 10.1. The van der Waals surface area contributed by atoms with Gasteiger partial charge in [0, 0.05) is 5.02 Å². The maximum atomic E-state index is 13.1. The number of rotatable bonds is 7. The molecule has 35 heavy (non-hydrogen) atoms. The number of thioether (sulfide) groups is 1. The number of carbonyl (C=O) groups is 1. The summed E-state index contributed by atoms with van der Waals surface area (Å²) in [5, 5.41) is 1.77. The maximum Gasteiger partial charge on any atom is 0.270 e. The largest absolute Gasteiger partial charge is 0.490 e. The van der Waals surface area contributed by atoms with Crippen LogP contribution in [-0.4, -0.2) is 16.8 Å². The highest BCUT2D eigenvalue weighted by Crippen LogP contribution is 2.40. The van der Waals surface area contributed by atoms with Crippen molar-refractivity contribution in [3.05, 3.63) is 90.7 Å². The monoisotopic (exact) mass is 583 g/mol. The summed E-state index contributed by atoms with van der Waals surface area (Å²) >= 11 is 31.0. The summed E-state index contributed by atoms with van der Waals surface area (Å²) < 4.78 is 12.1. The Morgan fingerprint density at radius 3 is 2.43 bits per heavy atom. The summed E-state index contributed by atoms with van der Waals surface area (Å²) in [6.45, 7) is 2.62. The minimum atomic E-state index is -0.262. The molecule has 1 amide bonds.